The van der Waals surface area contributed by atoms with Gasteiger partial charge in [0.15, 0.2) is 0 Å². The third kappa shape index (κ3) is 5.17. The summed E-state index contributed by atoms with van der Waals surface area (Å²) in [6.45, 7) is 4.84. The highest BCUT2D eigenvalue weighted by molar-refractivity contribution is 7.18. The second-order valence-electron chi connectivity index (χ2n) is 7.84. The van der Waals surface area contributed by atoms with Gasteiger partial charge < -0.3 is 9.47 Å². The van der Waals surface area contributed by atoms with Crippen molar-refractivity contribution in [3.63, 3.8) is 0 Å². The maximum Gasteiger partial charge on any atom is 0.316 e. The molecule has 5 rings (SSSR count). The van der Waals surface area contributed by atoms with Crippen molar-refractivity contribution in [1.82, 2.24) is 19.9 Å². The first-order chi connectivity index (χ1) is 16.3. The minimum absolute atomic E-state index is 0.256. The Hall–Kier alpha value is -3.38. The summed E-state index contributed by atoms with van der Waals surface area (Å²) >= 11 is 1.51. The first kappa shape index (κ1) is 21.5. The van der Waals surface area contributed by atoms with E-state index < -0.39 is 5.92 Å². The maximum atomic E-state index is 9.81. The van der Waals surface area contributed by atoms with Crippen molar-refractivity contribution < 1.29 is 9.47 Å². The molecule has 1 aliphatic rings. The number of aromatic nitrogens is 3. The Balaban J connectivity index is 1.24. The number of morpholine rings is 1. The van der Waals surface area contributed by atoms with Crippen molar-refractivity contribution in [2.45, 2.75) is 19.1 Å². The molecular weight excluding hydrogens is 434 g/mol. The average Bonchev–Trinajstić information content (AvgIpc) is 3.29. The molecule has 1 unspecified atom stereocenters. The summed E-state index contributed by atoms with van der Waals surface area (Å²) in [4.78, 5) is 15.7. The van der Waals surface area contributed by atoms with Crippen molar-refractivity contribution in [2.75, 3.05) is 26.3 Å². The van der Waals surface area contributed by atoms with E-state index in [0.717, 1.165) is 53.6 Å². The molecular formula is C25H23N5O2S. The monoisotopic (exact) mass is 457 g/mol. The molecule has 0 amide bonds. The minimum atomic E-state index is -0.563. The first-order valence-electron chi connectivity index (χ1n) is 10.9. The predicted octanol–water partition coefficient (Wildman–Crippen LogP) is 4.15. The van der Waals surface area contributed by atoms with Crippen molar-refractivity contribution in [3.05, 3.63) is 82.6 Å². The third-order valence-corrected chi connectivity index (χ3v) is 6.64. The largest absolute Gasteiger partial charge is 0.459 e. The Kier molecular flexibility index (Phi) is 6.53. The molecule has 1 atom stereocenters. The lowest BCUT2D eigenvalue weighted by molar-refractivity contribution is 0.0342. The predicted molar refractivity (Wildman–Crippen MR) is 126 cm³/mol. The first-order valence-corrected chi connectivity index (χ1v) is 11.7. The van der Waals surface area contributed by atoms with Gasteiger partial charge in [0.1, 0.15) is 17.5 Å². The minimum Gasteiger partial charge on any atom is -0.459 e. The van der Waals surface area contributed by atoms with Crippen LogP contribution in [0.4, 0.5) is 0 Å². The zero-order chi connectivity index (χ0) is 22.5. The van der Waals surface area contributed by atoms with E-state index in [1.165, 1.54) is 16.9 Å². The van der Waals surface area contributed by atoms with E-state index in [1.807, 2.05) is 24.3 Å². The molecule has 166 valence electrons. The Bertz CT molecular complexity index is 1230. The van der Waals surface area contributed by atoms with Crippen molar-refractivity contribution in [1.29, 1.82) is 5.26 Å². The second kappa shape index (κ2) is 10.0. The highest BCUT2D eigenvalue weighted by Crippen LogP contribution is 2.31. The molecule has 1 aliphatic heterocycles. The number of thiazole rings is 1. The summed E-state index contributed by atoms with van der Waals surface area (Å²) < 4.78 is 12.3. The van der Waals surface area contributed by atoms with Gasteiger partial charge in [0, 0.05) is 25.8 Å². The molecule has 0 radical (unpaired) electrons. The number of nitrogens with zero attached hydrogens (tertiary/aromatic N) is 5. The van der Waals surface area contributed by atoms with Crippen LogP contribution in [0.5, 0.6) is 6.01 Å². The number of hydrogen-bond acceptors (Lipinski definition) is 8. The Morgan fingerprint density at radius 1 is 1.03 bits per heavy atom. The molecule has 2 aromatic carbocycles. The topological polar surface area (TPSA) is 84.2 Å². The number of ether oxygens (including phenoxy) is 2. The van der Waals surface area contributed by atoms with Crippen LogP contribution in [0.15, 0.2) is 60.8 Å². The number of benzene rings is 2. The summed E-state index contributed by atoms with van der Waals surface area (Å²) in [6, 6.07) is 20.6. The molecule has 0 bridgehead atoms. The van der Waals surface area contributed by atoms with Crippen LogP contribution in [0.25, 0.3) is 10.2 Å². The molecule has 3 heterocycles. The van der Waals surface area contributed by atoms with Crippen LogP contribution in [-0.2, 0) is 17.9 Å². The van der Waals surface area contributed by atoms with Crippen molar-refractivity contribution in [3.8, 4) is 12.1 Å². The summed E-state index contributed by atoms with van der Waals surface area (Å²) in [5.74, 6) is -0.563. The average molecular weight is 458 g/mol. The third-order valence-electron chi connectivity index (χ3n) is 5.54. The second-order valence-corrected chi connectivity index (χ2v) is 8.90. The summed E-state index contributed by atoms with van der Waals surface area (Å²) in [7, 11) is 0. The van der Waals surface area contributed by atoms with Crippen LogP contribution in [0, 0.1) is 11.3 Å². The fourth-order valence-electron chi connectivity index (χ4n) is 3.75. The molecule has 0 spiro atoms. The number of fused-ring (bicyclic) bond motifs is 1. The molecule has 33 heavy (non-hydrogen) atoms. The molecule has 8 heteroatoms. The van der Waals surface area contributed by atoms with Gasteiger partial charge in [-0.25, -0.2) is 9.97 Å². The van der Waals surface area contributed by atoms with Crippen molar-refractivity contribution >= 4 is 21.6 Å². The summed E-state index contributed by atoms with van der Waals surface area (Å²) in [5.41, 5.74) is 3.78. The van der Waals surface area contributed by atoms with Gasteiger partial charge in [0.05, 0.1) is 35.2 Å². The molecule has 1 saturated heterocycles. The van der Waals surface area contributed by atoms with Gasteiger partial charge in [-0.15, -0.1) is 11.3 Å². The molecule has 7 nitrogen and oxygen atoms in total. The van der Waals surface area contributed by atoms with E-state index in [4.69, 9.17) is 9.47 Å². The Morgan fingerprint density at radius 2 is 1.82 bits per heavy atom. The SMILES string of the molecule is N#CC(c1ccnc(OCc2ccc(CN3CCOCC3)cc2)n1)c1nc2ccccc2s1. The fourth-order valence-corrected chi connectivity index (χ4v) is 4.78. The van der Waals surface area contributed by atoms with Gasteiger partial charge in [0.25, 0.3) is 0 Å². The number of para-hydroxylation sites is 1. The number of rotatable bonds is 7. The Morgan fingerprint density at radius 3 is 2.61 bits per heavy atom. The van der Waals surface area contributed by atoms with Gasteiger partial charge in [-0.05, 0) is 29.3 Å². The summed E-state index contributed by atoms with van der Waals surface area (Å²) in [6.07, 6.45) is 1.63. The van der Waals surface area contributed by atoms with Gasteiger partial charge in [-0.1, -0.05) is 36.4 Å². The van der Waals surface area contributed by atoms with Gasteiger partial charge >= 0.3 is 6.01 Å². The zero-order valence-electron chi connectivity index (χ0n) is 18.1. The highest BCUT2D eigenvalue weighted by atomic mass is 32.1. The normalized spacial score (nSPS) is 15.2. The molecule has 0 N–H and O–H groups in total. The van der Waals surface area contributed by atoms with Crippen molar-refractivity contribution in [2.24, 2.45) is 0 Å². The van der Waals surface area contributed by atoms with Crippen LogP contribution >= 0.6 is 11.3 Å². The van der Waals surface area contributed by atoms with Crippen LogP contribution in [0.3, 0.4) is 0 Å². The fraction of sp³-hybridized carbons (Fsp3) is 0.280. The van der Waals surface area contributed by atoms with Gasteiger partial charge in [-0.3, -0.25) is 4.90 Å². The smallest absolute Gasteiger partial charge is 0.316 e. The van der Waals surface area contributed by atoms with Gasteiger partial charge in [-0.2, -0.15) is 10.2 Å². The quantitative estimate of drug-likeness (QED) is 0.412. The molecule has 2 aromatic heterocycles. The van der Waals surface area contributed by atoms with Crippen LogP contribution in [0.1, 0.15) is 27.7 Å². The lowest BCUT2D eigenvalue weighted by Crippen LogP contribution is -2.35. The van der Waals surface area contributed by atoms with Crippen LogP contribution in [-0.4, -0.2) is 46.2 Å². The van der Waals surface area contributed by atoms with E-state index in [2.05, 4.69) is 50.2 Å². The number of nitriles is 1. The maximum absolute atomic E-state index is 9.81. The molecule has 1 fully saturated rings. The van der Waals surface area contributed by atoms with E-state index in [0.29, 0.717) is 12.3 Å². The molecule has 0 saturated carbocycles. The van der Waals surface area contributed by atoms with Crippen LogP contribution < -0.4 is 4.74 Å². The van der Waals surface area contributed by atoms with E-state index >= 15 is 0 Å². The summed E-state index contributed by atoms with van der Waals surface area (Å²) in [5, 5.41) is 10.5. The lowest BCUT2D eigenvalue weighted by Gasteiger charge is -2.26. The standard InChI is InChI=1S/C25H23N5O2S/c26-15-20(24-28-22-3-1-2-4-23(22)33-24)21-9-10-27-25(29-21)32-17-19-7-5-18(6-8-19)16-30-11-13-31-14-12-30/h1-10,20H,11-14,16-17H2. The van der Waals surface area contributed by atoms with E-state index in [1.54, 1.807) is 12.3 Å². The highest BCUT2D eigenvalue weighted by Gasteiger charge is 2.20. The zero-order valence-corrected chi connectivity index (χ0v) is 18.9. The van der Waals surface area contributed by atoms with E-state index in [9.17, 15) is 5.26 Å². The van der Waals surface area contributed by atoms with E-state index in [-0.39, 0.29) is 6.01 Å². The number of hydrogen-bond donors (Lipinski definition) is 0. The molecule has 0 aliphatic carbocycles. The van der Waals surface area contributed by atoms with Gasteiger partial charge in [0.2, 0.25) is 0 Å². The lowest BCUT2D eigenvalue weighted by atomic mass is 10.1. The Labute approximate surface area is 196 Å². The van der Waals surface area contributed by atoms with Crippen LogP contribution in [0.2, 0.25) is 0 Å². The molecule has 4 aromatic rings.